The lowest BCUT2D eigenvalue weighted by atomic mass is 10.2. The van der Waals surface area contributed by atoms with Crippen molar-refractivity contribution in [2.45, 2.75) is 45.0 Å². The first-order valence-corrected chi connectivity index (χ1v) is 8.08. The molecule has 14 heavy (non-hydrogen) atoms. The zero-order chi connectivity index (χ0) is 11.0. The van der Waals surface area contributed by atoms with Crippen molar-refractivity contribution in [3.63, 3.8) is 0 Å². The summed E-state index contributed by atoms with van der Waals surface area (Å²) in [6.45, 7) is 16.6. The van der Waals surface area contributed by atoms with E-state index < -0.39 is 8.32 Å². The molecule has 0 N–H and O–H groups in total. The molecule has 0 aliphatic carbocycles. The first kappa shape index (κ1) is 11.9. The van der Waals surface area contributed by atoms with Gasteiger partial charge in [-0.2, -0.15) is 0 Å². The third-order valence-corrected chi connectivity index (χ3v) is 7.74. The van der Waals surface area contributed by atoms with E-state index in [-0.39, 0.29) is 11.1 Å². The maximum Gasteiger partial charge on any atom is 0.193 e. The van der Waals surface area contributed by atoms with Crippen molar-refractivity contribution in [1.29, 1.82) is 0 Å². The summed E-state index contributed by atoms with van der Waals surface area (Å²) in [5, 5.41) is 0.260. The lowest BCUT2D eigenvalue weighted by Gasteiger charge is -2.38. The summed E-state index contributed by atoms with van der Waals surface area (Å²) in [7, 11) is -1.65. The molecule has 2 nitrogen and oxygen atoms in total. The summed E-state index contributed by atoms with van der Waals surface area (Å²) in [5.41, 5.74) is 1.09. The molecule has 3 heteroatoms. The van der Waals surface area contributed by atoms with E-state index in [2.05, 4.69) is 40.4 Å². The second-order valence-corrected chi connectivity index (χ2v) is 10.3. The van der Waals surface area contributed by atoms with Crippen molar-refractivity contribution in [3.8, 4) is 0 Å². The van der Waals surface area contributed by atoms with Crippen molar-refractivity contribution < 1.29 is 9.16 Å². The number of hydrogen-bond acceptors (Lipinski definition) is 2. The predicted molar refractivity (Wildman–Crippen MR) is 62.0 cm³/mol. The average Bonchev–Trinajstić information content (AvgIpc) is 2.33. The summed E-state index contributed by atoms with van der Waals surface area (Å²) in [4.78, 5) is 0. The van der Waals surface area contributed by atoms with Crippen LogP contribution in [-0.4, -0.2) is 27.6 Å². The third kappa shape index (κ3) is 2.46. The molecule has 82 valence electrons. The fourth-order valence-electron chi connectivity index (χ4n) is 1.16. The monoisotopic (exact) mass is 214 g/mol. The Bertz CT molecular complexity index is 228. The van der Waals surface area contributed by atoms with Gasteiger partial charge in [0, 0.05) is 0 Å². The van der Waals surface area contributed by atoms with Gasteiger partial charge in [-0.25, -0.2) is 0 Å². The molecule has 0 unspecified atom stereocenters. The molecule has 0 radical (unpaired) electrons. The summed E-state index contributed by atoms with van der Waals surface area (Å²) < 4.78 is 11.5. The van der Waals surface area contributed by atoms with Gasteiger partial charge in [0.15, 0.2) is 8.32 Å². The Morgan fingerprint density at radius 2 is 2.00 bits per heavy atom. The fraction of sp³-hybridized carbons (Fsp3) is 0.818. The molecule has 1 rings (SSSR count). The van der Waals surface area contributed by atoms with Crippen LogP contribution in [0.3, 0.4) is 0 Å². The second-order valence-electron chi connectivity index (χ2n) is 5.54. The predicted octanol–water partition coefficient (Wildman–Crippen LogP) is 2.96. The highest BCUT2D eigenvalue weighted by molar-refractivity contribution is 6.74. The molecule has 1 aliphatic rings. The summed E-state index contributed by atoms with van der Waals surface area (Å²) in [5.74, 6) is 0. The van der Waals surface area contributed by atoms with Gasteiger partial charge in [-0.3, -0.25) is 0 Å². The molecule has 0 aromatic rings. The first-order valence-electron chi connectivity index (χ1n) is 5.17. The van der Waals surface area contributed by atoms with Gasteiger partial charge >= 0.3 is 0 Å². The van der Waals surface area contributed by atoms with Gasteiger partial charge in [0.05, 0.1) is 19.3 Å². The Labute approximate surface area is 88.4 Å². The van der Waals surface area contributed by atoms with Crippen LogP contribution < -0.4 is 0 Å². The molecular weight excluding hydrogens is 192 g/mol. The van der Waals surface area contributed by atoms with Gasteiger partial charge < -0.3 is 9.16 Å². The number of ether oxygens (including phenoxy) is 1. The highest BCUT2D eigenvalue weighted by Gasteiger charge is 2.40. The maximum atomic E-state index is 6.19. The quantitative estimate of drug-likeness (QED) is 0.520. The molecule has 0 aromatic carbocycles. The van der Waals surface area contributed by atoms with E-state index >= 15 is 0 Å². The van der Waals surface area contributed by atoms with E-state index in [9.17, 15) is 0 Å². The second kappa shape index (κ2) is 3.80. The Balaban J connectivity index is 2.63. The van der Waals surface area contributed by atoms with Crippen molar-refractivity contribution in [2.75, 3.05) is 13.2 Å². The molecule has 0 saturated carbocycles. The van der Waals surface area contributed by atoms with Gasteiger partial charge in [0.2, 0.25) is 0 Å². The van der Waals surface area contributed by atoms with Gasteiger partial charge in [-0.15, -0.1) is 0 Å². The molecule has 0 aromatic heterocycles. The van der Waals surface area contributed by atoms with Crippen LogP contribution >= 0.6 is 0 Å². The SMILES string of the molecule is C=C1COC[C@H]1O[Si](C)(C)C(C)(C)C. The lowest BCUT2D eigenvalue weighted by molar-refractivity contribution is 0.134. The minimum absolute atomic E-state index is 0.135. The zero-order valence-corrected chi connectivity index (χ0v) is 11.0. The Kier molecular flexibility index (Phi) is 3.24. The Hall–Kier alpha value is -0.123. The first-order chi connectivity index (χ1) is 6.24. The molecule has 1 saturated heterocycles. The summed E-state index contributed by atoms with van der Waals surface area (Å²) in [6, 6.07) is 0. The van der Waals surface area contributed by atoms with Crippen molar-refractivity contribution >= 4 is 8.32 Å². The van der Waals surface area contributed by atoms with E-state index in [1.165, 1.54) is 0 Å². The van der Waals surface area contributed by atoms with Crippen LogP contribution in [0.1, 0.15) is 20.8 Å². The van der Waals surface area contributed by atoms with E-state index in [0.717, 1.165) is 5.57 Å². The van der Waals surface area contributed by atoms with Gasteiger partial charge in [0.25, 0.3) is 0 Å². The van der Waals surface area contributed by atoms with Crippen LogP contribution in [0.25, 0.3) is 0 Å². The van der Waals surface area contributed by atoms with Crippen molar-refractivity contribution in [2.24, 2.45) is 0 Å². The third-order valence-electron chi connectivity index (χ3n) is 3.26. The highest BCUT2D eigenvalue weighted by Crippen LogP contribution is 2.38. The number of hydrogen-bond donors (Lipinski definition) is 0. The van der Waals surface area contributed by atoms with E-state index in [0.29, 0.717) is 13.2 Å². The van der Waals surface area contributed by atoms with Crippen molar-refractivity contribution in [1.82, 2.24) is 0 Å². The van der Waals surface area contributed by atoms with Crippen LogP contribution in [0.5, 0.6) is 0 Å². The smallest absolute Gasteiger partial charge is 0.193 e. The van der Waals surface area contributed by atoms with Crippen LogP contribution in [0.15, 0.2) is 12.2 Å². The standard InChI is InChI=1S/C11H22O2Si/c1-9-7-12-8-10(9)13-14(5,6)11(2,3)4/h10H,1,7-8H2,2-6H3/t10-/m1/s1. The molecule has 0 amide bonds. The molecule has 1 heterocycles. The minimum atomic E-state index is -1.65. The Morgan fingerprint density at radius 3 is 2.36 bits per heavy atom. The topological polar surface area (TPSA) is 18.5 Å². The molecule has 1 aliphatic heterocycles. The van der Waals surface area contributed by atoms with Crippen LogP contribution in [-0.2, 0) is 9.16 Å². The molecule has 0 bridgehead atoms. The molecular formula is C11H22O2Si. The van der Waals surface area contributed by atoms with Gasteiger partial charge in [0.1, 0.15) is 0 Å². The largest absolute Gasteiger partial charge is 0.408 e. The summed E-state index contributed by atoms with van der Waals surface area (Å²) in [6.07, 6.45) is 0.135. The van der Waals surface area contributed by atoms with Crippen LogP contribution in [0, 0.1) is 0 Å². The minimum Gasteiger partial charge on any atom is -0.408 e. The molecule has 0 spiro atoms. The average molecular weight is 214 g/mol. The van der Waals surface area contributed by atoms with Gasteiger partial charge in [-0.05, 0) is 23.7 Å². The number of rotatable bonds is 2. The van der Waals surface area contributed by atoms with E-state index in [4.69, 9.17) is 9.16 Å². The van der Waals surface area contributed by atoms with Crippen molar-refractivity contribution in [3.05, 3.63) is 12.2 Å². The molecule has 1 fully saturated rings. The summed E-state index contributed by atoms with van der Waals surface area (Å²) >= 11 is 0. The van der Waals surface area contributed by atoms with Gasteiger partial charge in [-0.1, -0.05) is 27.4 Å². The van der Waals surface area contributed by atoms with Crippen LogP contribution in [0.2, 0.25) is 18.1 Å². The highest BCUT2D eigenvalue weighted by atomic mass is 28.4. The maximum absolute atomic E-state index is 6.19. The van der Waals surface area contributed by atoms with Crippen LogP contribution in [0.4, 0.5) is 0 Å². The van der Waals surface area contributed by atoms with E-state index in [1.54, 1.807) is 0 Å². The lowest BCUT2D eigenvalue weighted by Crippen LogP contribution is -2.44. The normalized spacial score (nSPS) is 24.4. The zero-order valence-electron chi connectivity index (χ0n) is 10.0. The molecule has 1 atom stereocenters. The van der Waals surface area contributed by atoms with E-state index in [1.807, 2.05) is 0 Å². The fourth-order valence-corrected chi connectivity index (χ4v) is 2.46. The Morgan fingerprint density at radius 1 is 1.43 bits per heavy atom.